The van der Waals surface area contributed by atoms with Crippen LogP contribution >= 0.6 is 21.6 Å². The van der Waals surface area contributed by atoms with Crippen LogP contribution in [0, 0.1) is 40.9 Å². The second-order valence-electron chi connectivity index (χ2n) is 18.4. The molecule has 2 aromatic rings. The molecule has 6 aliphatic rings. The number of hydrogen-bond donors (Lipinski definition) is 6. The van der Waals surface area contributed by atoms with Crippen molar-refractivity contribution in [2.24, 2.45) is 34.0 Å². The molecule has 3 spiro atoms. The Hall–Kier alpha value is -2.14. The lowest BCUT2D eigenvalue weighted by Gasteiger charge is -2.58. The van der Waals surface area contributed by atoms with Crippen LogP contribution in [0.3, 0.4) is 0 Å². The third-order valence-corrected chi connectivity index (χ3v) is 17.3. The highest BCUT2D eigenvalue weighted by molar-refractivity contribution is 8.76. The number of phenolic OH excluding ortho intramolecular Hbond substituents is 1. The number of aliphatic hydroxyl groups excluding tert-OH is 4. The molecule has 57 heavy (non-hydrogen) atoms. The topological polar surface area (TPSA) is 192 Å². The molecule has 8 rings (SSSR count). The van der Waals surface area contributed by atoms with Gasteiger partial charge < -0.3 is 49.6 Å². The van der Waals surface area contributed by atoms with Crippen LogP contribution in [0.25, 0.3) is 10.8 Å². The first kappa shape index (κ1) is 41.6. The maximum Gasteiger partial charge on any atom is 0.335 e. The van der Waals surface area contributed by atoms with Gasteiger partial charge >= 0.3 is 5.97 Å². The molecule has 12 nitrogen and oxygen atoms in total. The molecule has 2 aromatic carbocycles. The molecule has 6 fully saturated rings. The van der Waals surface area contributed by atoms with E-state index in [0.717, 1.165) is 18.6 Å². The first-order chi connectivity index (χ1) is 27.3. The fraction of sp³-hybridized carbons (Fsp3) is 0.721. The molecule has 3 aliphatic heterocycles. The van der Waals surface area contributed by atoms with Crippen molar-refractivity contribution in [2.75, 3.05) is 38.1 Å². The van der Waals surface area contributed by atoms with E-state index in [1.54, 1.807) is 23.8 Å². The summed E-state index contributed by atoms with van der Waals surface area (Å²) in [5, 5.41) is 67.2. The summed E-state index contributed by atoms with van der Waals surface area (Å²) in [6, 6.07) is 4.13. The Balaban J connectivity index is 1.12. The Kier molecular flexibility index (Phi) is 11.7. The zero-order chi connectivity index (χ0) is 40.3. The van der Waals surface area contributed by atoms with E-state index < -0.39 is 54.3 Å². The van der Waals surface area contributed by atoms with E-state index >= 15 is 0 Å². The number of rotatable bonds is 7. The Labute approximate surface area is 341 Å². The van der Waals surface area contributed by atoms with Crippen LogP contribution in [0.15, 0.2) is 18.2 Å². The van der Waals surface area contributed by atoms with Gasteiger partial charge in [0.05, 0.1) is 29.7 Å². The van der Waals surface area contributed by atoms with Crippen LogP contribution in [-0.2, 0) is 14.2 Å². The van der Waals surface area contributed by atoms with Gasteiger partial charge in [0.1, 0.15) is 41.4 Å². The Morgan fingerprint density at radius 1 is 0.982 bits per heavy atom. The Bertz CT molecular complexity index is 1840. The number of aromatic carboxylic acids is 1. The van der Waals surface area contributed by atoms with Crippen LogP contribution in [0.1, 0.15) is 110 Å². The molecule has 0 bridgehead atoms. The molecular weight excluding hydrogens is 773 g/mol. The number of ketones is 1. The number of aryl methyl sites for hydroxylation is 1. The summed E-state index contributed by atoms with van der Waals surface area (Å²) >= 11 is 0. The minimum atomic E-state index is -1.71. The highest BCUT2D eigenvalue weighted by Gasteiger charge is 2.62. The van der Waals surface area contributed by atoms with Crippen molar-refractivity contribution < 1.29 is 59.2 Å². The van der Waals surface area contributed by atoms with Gasteiger partial charge in [0, 0.05) is 24.4 Å². The molecule has 3 aliphatic carbocycles. The van der Waals surface area contributed by atoms with E-state index in [1.165, 1.54) is 74.8 Å². The molecule has 0 aromatic heterocycles. The zero-order valence-corrected chi connectivity index (χ0v) is 34.6. The van der Waals surface area contributed by atoms with E-state index in [1.807, 2.05) is 0 Å². The third-order valence-electron chi connectivity index (χ3n) is 15.1. The Morgan fingerprint density at radius 2 is 1.74 bits per heavy atom. The van der Waals surface area contributed by atoms with E-state index in [-0.39, 0.29) is 57.5 Å². The molecule has 0 radical (unpaired) electrons. The fourth-order valence-corrected chi connectivity index (χ4v) is 15.2. The molecule has 3 heterocycles. The predicted molar refractivity (Wildman–Crippen MR) is 216 cm³/mol. The van der Waals surface area contributed by atoms with Gasteiger partial charge in [0.15, 0.2) is 5.78 Å². The number of aromatic hydroxyl groups is 1. The van der Waals surface area contributed by atoms with E-state index in [2.05, 4.69) is 0 Å². The summed E-state index contributed by atoms with van der Waals surface area (Å²) in [4.78, 5) is 24.7. The quantitative estimate of drug-likeness (QED) is 0.136. The number of carboxylic acid groups (broad SMARTS) is 1. The normalized spacial score (nSPS) is 38.0. The van der Waals surface area contributed by atoms with Crippen molar-refractivity contribution in [2.45, 2.75) is 121 Å². The van der Waals surface area contributed by atoms with Gasteiger partial charge in [-0.05, 0) is 130 Å². The van der Waals surface area contributed by atoms with Crippen molar-refractivity contribution in [1.29, 1.82) is 0 Å². The van der Waals surface area contributed by atoms with E-state index in [4.69, 9.17) is 18.9 Å². The minimum absolute atomic E-state index is 0.0456. The number of fused-ring (bicyclic) bond motifs is 1. The second-order valence-corrected chi connectivity index (χ2v) is 20.8. The zero-order valence-electron chi connectivity index (χ0n) is 33.0. The fourth-order valence-electron chi connectivity index (χ4n) is 12.8. The average molecular weight is 831 g/mol. The van der Waals surface area contributed by atoms with Crippen molar-refractivity contribution in [1.82, 2.24) is 0 Å². The maximum atomic E-state index is 12.5. The van der Waals surface area contributed by atoms with Crippen LogP contribution in [0.5, 0.6) is 11.5 Å². The molecule has 14 heteroatoms. The highest BCUT2D eigenvalue weighted by Crippen LogP contribution is 2.67. The first-order valence-corrected chi connectivity index (χ1v) is 23.2. The number of carbonyl (C=O) groups excluding carboxylic acids is 1. The van der Waals surface area contributed by atoms with Gasteiger partial charge in [-0.15, -0.1) is 0 Å². The van der Waals surface area contributed by atoms with Crippen molar-refractivity contribution >= 4 is 44.1 Å². The smallest absolute Gasteiger partial charge is 0.335 e. The van der Waals surface area contributed by atoms with Crippen LogP contribution in [-0.4, -0.2) is 111 Å². The lowest BCUT2D eigenvalue weighted by atomic mass is 9.51. The molecule has 0 amide bonds. The number of Topliss-reactive ketones (excluding diaryl/α,β-unsaturated/α-hetero) is 1. The van der Waals surface area contributed by atoms with Crippen molar-refractivity contribution in [3.05, 3.63) is 34.9 Å². The maximum absolute atomic E-state index is 12.5. The number of benzene rings is 2. The lowest BCUT2D eigenvalue weighted by molar-refractivity contribution is -0.323. The van der Waals surface area contributed by atoms with Crippen LogP contribution in [0.2, 0.25) is 0 Å². The SMILES string of the molecule is CC(=O)c1c(C)cc2cc(C(=O)O)cc(OC3OC(CO)C4(CCC5CC6(CCC7(CCCC7)C6)CC6COCC(CCO)(CSSCO4)C56)C(O)C3O)c2c1O. The van der Waals surface area contributed by atoms with Gasteiger partial charge in [-0.3, -0.25) is 4.79 Å². The lowest BCUT2D eigenvalue weighted by Crippen LogP contribution is -2.69. The molecule has 314 valence electrons. The summed E-state index contributed by atoms with van der Waals surface area (Å²) in [7, 11) is 3.15. The largest absolute Gasteiger partial charge is 0.506 e. The molecule has 10 atom stereocenters. The number of carbonyl (C=O) groups is 2. The third kappa shape index (κ3) is 7.30. The second kappa shape index (κ2) is 16.0. The minimum Gasteiger partial charge on any atom is -0.506 e. The molecule has 3 saturated heterocycles. The van der Waals surface area contributed by atoms with E-state index in [9.17, 15) is 40.2 Å². The van der Waals surface area contributed by atoms with Gasteiger partial charge in [0.2, 0.25) is 6.29 Å². The average Bonchev–Trinajstić information content (AvgIpc) is 3.77. The van der Waals surface area contributed by atoms with Gasteiger partial charge in [-0.25, -0.2) is 4.79 Å². The van der Waals surface area contributed by atoms with Gasteiger partial charge in [0.25, 0.3) is 0 Å². The summed E-state index contributed by atoms with van der Waals surface area (Å²) in [6.07, 6.45) is 6.64. The number of carboxylic acids is 1. The molecule has 10 unspecified atom stereocenters. The molecule has 6 N–H and O–H groups in total. The van der Waals surface area contributed by atoms with Crippen LogP contribution in [0.4, 0.5) is 0 Å². The highest BCUT2D eigenvalue weighted by atomic mass is 33.1. The predicted octanol–water partition coefficient (Wildman–Crippen LogP) is 6.23. The van der Waals surface area contributed by atoms with Crippen LogP contribution < -0.4 is 4.74 Å². The van der Waals surface area contributed by atoms with Gasteiger partial charge in [-0.1, -0.05) is 40.5 Å². The standard InChI is InChI=1S/C43H58O12S2/c1-24-13-27-14-28(38(50)51)15-30(33(27)35(47)32(24)25(2)46)54-39-36(48)37(49)43(31(18-45)55-39)8-5-26-16-41(10-9-40(20-41)6-3-4-7-40)17-29-19-52-21-42(11-12-44,34(26)29)22-56-57-23-53-43/h13-15,26,29,31,34,36-37,39,44-45,47-49H,3-12,16-23H2,1-2H3,(H,50,51). The molecular formula is C43H58O12S2. The summed E-state index contributed by atoms with van der Waals surface area (Å²) in [5.74, 6) is -0.461. The number of hydrogen-bond acceptors (Lipinski definition) is 13. The monoisotopic (exact) mass is 830 g/mol. The van der Waals surface area contributed by atoms with Crippen molar-refractivity contribution in [3.63, 3.8) is 0 Å². The number of aliphatic hydroxyl groups is 4. The summed E-state index contributed by atoms with van der Waals surface area (Å²) < 4.78 is 25.6. The Morgan fingerprint density at radius 3 is 2.46 bits per heavy atom. The summed E-state index contributed by atoms with van der Waals surface area (Å²) in [5.41, 5.74) is -0.781. The number of phenols is 1. The number of ether oxygens (including phenoxy) is 4. The summed E-state index contributed by atoms with van der Waals surface area (Å²) in [6.45, 7) is 3.75. The van der Waals surface area contributed by atoms with Gasteiger partial charge in [-0.2, -0.15) is 0 Å². The first-order valence-electron chi connectivity index (χ1n) is 20.7. The molecule has 3 saturated carbocycles. The van der Waals surface area contributed by atoms with E-state index in [0.29, 0.717) is 54.8 Å². The van der Waals surface area contributed by atoms with Crippen molar-refractivity contribution in [3.8, 4) is 11.5 Å².